The van der Waals surface area contributed by atoms with Gasteiger partial charge in [-0.25, -0.2) is 0 Å². The van der Waals surface area contributed by atoms with Crippen LogP contribution in [0.5, 0.6) is 0 Å². The van der Waals surface area contributed by atoms with Gasteiger partial charge in [0, 0.05) is 25.2 Å². The van der Waals surface area contributed by atoms with Crippen LogP contribution in [0.3, 0.4) is 0 Å². The monoisotopic (exact) mass is 210 g/mol. The third kappa shape index (κ3) is 2.54. The molecule has 1 fully saturated rings. The van der Waals surface area contributed by atoms with Crippen LogP contribution in [-0.4, -0.2) is 41.6 Å². The maximum absolute atomic E-state index is 11.5. The summed E-state index contributed by atoms with van der Waals surface area (Å²) >= 11 is 0. The summed E-state index contributed by atoms with van der Waals surface area (Å²) in [4.78, 5) is 13.4. The average Bonchev–Trinajstić information content (AvgIpc) is 2.48. The van der Waals surface area contributed by atoms with Crippen LogP contribution < -0.4 is 11.1 Å². The van der Waals surface area contributed by atoms with E-state index in [2.05, 4.69) is 10.5 Å². The lowest BCUT2D eigenvalue weighted by Gasteiger charge is -2.35. The molecule has 0 atom stereocenters. The minimum Gasteiger partial charge on any atom is -0.360 e. The molecule has 0 aromatic carbocycles. The maximum atomic E-state index is 11.5. The predicted molar refractivity (Wildman–Crippen MR) is 54.3 cm³/mol. The summed E-state index contributed by atoms with van der Waals surface area (Å²) < 4.78 is 4.83. The third-order valence-electron chi connectivity index (χ3n) is 2.25. The van der Waals surface area contributed by atoms with Crippen LogP contribution in [0.15, 0.2) is 10.6 Å². The Hall–Kier alpha value is -1.40. The second kappa shape index (κ2) is 4.00. The van der Waals surface area contributed by atoms with Gasteiger partial charge in [-0.15, -0.1) is 0 Å². The second-order valence-electron chi connectivity index (χ2n) is 3.83. The first-order valence-electron chi connectivity index (χ1n) is 4.84. The van der Waals surface area contributed by atoms with Crippen molar-refractivity contribution in [2.24, 2.45) is 5.73 Å². The molecular formula is C9H14N4O2. The molecule has 0 saturated carbocycles. The molecule has 0 aliphatic carbocycles. The molecule has 2 heterocycles. The molecule has 0 bridgehead atoms. The number of nitrogens with zero attached hydrogens (tertiary/aromatic N) is 2. The molecular weight excluding hydrogens is 196 g/mol. The number of rotatable bonds is 3. The summed E-state index contributed by atoms with van der Waals surface area (Å²) in [6.45, 7) is 3.70. The summed E-state index contributed by atoms with van der Waals surface area (Å²) in [6.07, 6.45) is 0. The first-order valence-corrected chi connectivity index (χ1v) is 4.84. The van der Waals surface area contributed by atoms with Gasteiger partial charge in [-0.1, -0.05) is 5.16 Å². The molecule has 2 rings (SSSR count). The van der Waals surface area contributed by atoms with Crippen LogP contribution >= 0.6 is 0 Å². The van der Waals surface area contributed by atoms with E-state index in [-0.39, 0.29) is 11.9 Å². The molecule has 1 amide bonds. The van der Waals surface area contributed by atoms with E-state index in [0.717, 1.165) is 13.1 Å². The molecule has 1 aliphatic rings. The molecule has 1 aromatic rings. The number of nitrogens with one attached hydrogen (secondary N) is 1. The van der Waals surface area contributed by atoms with Crippen LogP contribution in [-0.2, 0) is 4.79 Å². The van der Waals surface area contributed by atoms with Gasteiger partial charge >= 0.3 is 0 Å². The summed E-state index contributed by atoms with van der Waals surface area (Å²) in [5, 5.41) is 6.32. The Bertz CT molecular complexity index is 357. The normalized spacial score (nSPS) is 17.5. The minimum absolute atomic E-state index is 0.0878. The number of carbonyl (C=O) groups excluding carboxylic acids is 1. The van der Waals surface area contributed by atoms with Crippen molar-refractivity contribution in [3.05, 3.63) is 11.8 Å². The molecule has 15 heavy (non-hydrogen) atoms. The van der Waals surface area contributed by atoms with E-state index in [9.17, 15) is 4.79 Å². The SMILES string of the molecule is Cc1cc(NC(=O)CN2CC(N)C2)no1. The fraction of sp³-hybridized carbons (Fsp3) is 0.556. The maximum Gasteiger partial charge on any atom is 0.239 e. The summed E-state index contributed by atoms with van der Waals surface area (Å²) in [5.74, 6) is 1.05. The lowest BCUT2D eigenvalue weighted by Crippen LogP contribution is -2.57. The van der Waals surface area contributed by atoms with E-state index in [4.69, 9.17) is 10.3 Å². The number of carbonyl (C=O) groups is 1. The van der Waals surface area contributed by atoms with Gasteiger partial charge < -0.3 is 15.6 Å². The lowest BCUT2D eigenvalue weighted by atomic mass is 10.1. The van der Waals surface area contributed by atoms with E-state index >= 15 is 0 Å². The number of amides is 1. The summed E-state index contributed by atoms with van der Waals surface area (Å²) in [6, 6.07) is 1.90. The fourth-order valence-electron chi connectivity index (χ4n) is 1.55. The highest BCUT2D eigenvalue weighted by atomic mass is 16.5. The number of likely N-dealkylation sites (tertiary alicyclic amines) is 1. The topological polar surface area (TPSA) is 84.4 Å². The average molecular weight is 210 g/mol. The third-order valence-corrected chi connectivity index (χ3v) is 2.25. The van der Waals surface area contributed by atoms with Crippen LogP contribution in [0.4, 0.5) is 5.82 Å². The van der Waals surface area contributed by atoms with Crippen molar-refractivity contribution in [3.8, 4) is 0 Å². The molecule has 0 unspecified atom stereocenters. The number of hydrogen-bond acceptors (Lipinski definition) is 5. The highest BCUT2D eigenvalue weighted by Gasteiger charge is 2.24. The first-order chi connectivity index (χ1) is 7.13. The Balaban J connectivity index is 1.77. The minimum atomic E-state index is -0.0878. The Morgan fingerprint density at radius 2 is 2.53 bits per heavy atom. The lowest BCUT2D eigenvalue weighted by molar-refractivity contribution is -0.118. The van der Waals surface area contributed by atoms with Crippen LogP contribution in [0.1, 0.15) is 5.76 Å². The largest absolute Gasteiger partial charge is 0.360 e. The number of aromatic nitrogens is 1. The van der Waals surface area contributed by atoms with Gasteiger partial charge in [-0.2, -0.15) is 0 Å². The van der Waals surface area contributed by atoms with Gasteiger partial charge in [0.15, 0.2) is 5.82 Å². The number of aryl methyl sites for hydroxylation is 1. The van der Waals surface area contributed by atoms with E-state index in [0.29, 0.717) is 18.1 Å². The molecule has 6 nitrogen and oxygen atoms in total. The second-order valence-corrected chi connectivity index (χ2v) is 3.83. The Morgan fingerprint density at radius 1 is 1.80 bits per heavy atom. The van der Waals surface area contributed by atoms with Crippen molar-refractivity contribution >= 4 is 11.7 Å². The van der Waals surface area contributed by atoms with Crippen LogP contribution in [0.25, 0.3) is 0 Å². The number of nitrogens with two attached hydrogens (primary N) is 1. The quantitative estimate of drug-likeness (QED) is 0.706. The summed E-state index contributed by atoms with van der Waals surface area (Å²) in [7, 11) is 0. The van der Waals surface area contributed by atoms with Crippen molar-refractivity contribution in [2.45, 2.75) is 13.0 Å². The molecule has 0 radical (unpaired) electrons. The molecule has 3 N–H and O–H groups in total. The van der Waals surface area contributed by atoms with Gasteiger partial charge in [0.25, 0.3) is 0 Å². The molecule has 1 aliphatic heterocycles. The molecule has 6 heteroatoms. The summed E-state index contributed by atoms with van der Waals surface area (Å²) in [5.41, 5.74) is 5.60. The molecule has 1 saturated heterocycles. The number of anilines is 1. The van der Waals surface area contributed by atoms with Gasteiger partial charge in [-0.3, -0.25) is 9.69 Å². The van der Waals surface area contributed by atoms with E-state index in [1.165, 1.54) is 0 Å². The molecule has 82 valence electrons. The Morgan fingerprint density at radius 3 is 3.07 bits per heavy atom. The van der Waals surface area contributed by atoms with Gasteiger partial charge in [-0.05, 0) is 6.92 Å². The van der Waals surface area contributed by atoms with Crippen molar-refractivity contribution in [1.82, 2.24) is 10.1 Å². The Labute approximate surface area is 87.4 Å². The van der Waals surface area contributed by atoms with Crippen molar-refractivity contribution in [1.29, 1.82) is 0 Å². The predicted octanol–water partition coefficient (Wildman–Crippen LogP) is -0.436. The van der Waals surface area contributed by atoms with Crippen molar-refractivity contribution in [3.63, 3.8) is 0 Å². The van der Waals surface area contributed by atoms with Crippen molar-refractivity contribution < 1.29 is 9.32 Å². The zero-order valence-corrected chi connectivity index (χ0v) is 8.56. The highest BCUT2D eigenvalue weighted by molar-refractivity contribution is 5.91. The standard InChI is InChI=1S/C9H14N4O2/c1-6-2-8(12-15-6)11-9(14)5-13-3-7(10)4-13/h2,7H,3-5,10H2,1H3,(H,11,12,14). The molecule has 0 spiro atoms. The van der Waals surface area contributed by atoms with Crippen molar-refractivity contribution in [2.75, 3.05) is 25.0 Å². The van der Waals surface area contributed by atoms with E-state index in [1.807, 2.05) is 4.90 Å². The first kappa shape index (κ1) is 10.1. The van der Waals surface area contributed by atoms with Crippen LogP contribution in [0, 0.1) is 6.92 Å². The zero-order valence-electron chi connectivity index (χ0n) is 8.56. The van der Waals surface area contributed by atoms with Gasteiger partial charge in [0.2, 0.25) is 5.91 Å². The van der Waals surface area contributed by atoms with E-state index < -0.39 is 0 Å². The smallest absolute Gasteiger partial charge is 0.239 e. The van der Waals surface area contributed by atoms with Gasteiger partial charge in [0.1, 0.15) is 5.76 Å². The van der Waals surface area contributed by atoms with Crippen LogP contribution in [0.2, 0.25) is 0 Å². The zero-order chi connectivity index (χ0) is 10.8. The molecule has 1 aromatic heterocycles. The van der Waals surface area contributed by atoms with E-state index in [1.54, 1.807) is 13.0 Å². The Kier molecular flexibility index (Phi) is 2.70. The van der Waals surface area contributed by atoms with Gasteiger partial charge in [0.05, 0.1) is 6.54 Å². The highest BCUT2D eigenvalue weighted by Crippen LogP contribution is 2.08. The fourth-order valence-corrected chi connectivity index (χ4v) is 1.55. The number of hydrogen-bond donors (Lipinski definition) is 2.